The van der Waals surface area contributed by atoms with Gasteiger partial charge in [0.05, 0.1) is 10.2 Å². The Bertz CT molecular complexity index is 704. The van der Waals surface area contributed by atoms with E-state index in [2.05, 4.69) is 9.38 Å². The lowest BCUT2D eigenvalue weighted by Crippen LogP contribution is -2.10. The molecule has 6 nitrogen and oxygen atoms in total. The number of sulfonamides is 1. The van der Waals surface area contributed by atoms with Gasteiger partial charge in [0.2, 0.25) is 4.34 Å². The maximum atomic E-state index is 11.9. The van der Waals surface area contributed by atoms with E-state index in [0.717, 1.165) is 11.3 Å². The molecule has 0 aliphatic carbocycles. The molecule has 1 aromatic heterocycles. The molecule has 0 aliphatic heterocycles. The lowest BCUT2D eigenvalue weighted by Gasteiger charge is -2.00. The fraction of sp³-hybridized carbons (Fsp3) is 0.200. The van der Waals surface area contributed by atoms with Crippen LogP contribution in [-0.2, 0) is 10.0 Å². The highest BCUT2D eigenvalue weighted by molar-refractivity contribution is 7.92. The summed E-state index contributed by atoms with van der Waals surface area (Å²) in [5.41, 5.74) is 0.524. The molecule has 0 spiro atoms. The van der Waals surface area contributed by atoms with E-state index < -0.39 is 10.0 Å². The standard InChI is InChI=1S/C10H11N3O3S2/c1-13(2)6-11-18(15,16)10-12-8-4-3-7(14)5-9(8)17-10/h3-6,14H,1-2H3. The highest BCUT2D eigenvalue weighted by Crippen LogP contribution is 2.28. The van der Waals surface area contributed by atoms with Gasteiger partial charge in [-0.05, 0) is 18.2 Å². The van der Waals surface area contributed by atoms with Gasteiger partial charge in [-0.2, -0.15) is 8.42 Å². The van der Waals surface area contributed by atoms with E-state index in [1.807, 2.05) is 0 Å². The lowest BCUT2D eigenvalue weighted by atomic mass is 10.3. The van der Waals surface area contributed by atoms with E-state index in [9.17, 15) is 13.5 Å². The van der Waals surface area contributed by atoms with Crippen molar-refractivity contribution in [2.24, 2.45) is 4.40 Å². The van der Waals surface area contributed by atoms with Crippen molar-refractivity contribution in [1.82, 2.24) is 9.88 Å². The zero-order valence-corrected chi connectivity index (χ0v) is 11.4. The first kappa shape index (κ1) is 12.8. The predicted molar refractivity (Wildman–Crippen MR) is 70.6 cm³/mol. The Morgan fingerprint density at radius 1 is 1.44 bits per heavy atom. The van der Waals surface area contributed by atoms with Crippen molar-refractivity contribution >= 4 is 37.9 Å². The van der Waals surface area contributed by atoms with E-state index in [1.165, 1.54) is 23.4 Å². The van der Waals surface area contributed by atoms with E-state index >= 15 is 0 Å². The molecule has 96 valence electrons. The molecule has 0 atom stereocenters. The summed E-state index contributed by atoms with van der Waals surface area (Å²) in [6.07, 6.45) is 1.21. The van der Waals surface area contributed by atoms with Crippen molar-refractivity contribution in [1.29, 1.82) is 0 Å². The van der Waals surface area contributed by atoms with Gasteiger partial charge in [-0.3, -0.25) is 0 Å². The van der Waals surface area contributed by atoms with Gasteiger partial charge >= 0.3 is 10.0 Å². The molecule has 8 heteroatoms. The lowest BCUT2D eigenvalue weighted by molar-refractivity contribution is 0.476. The second kappa shape index (κ2) is 4.54. The van der Waals surface area contributed by atoms with Gasteiger partial charge in [-0.15, -0.1) is 15.7 Å². The van der Waals surface area contributed by atoms with E-state index in [4.69, 9.17) is 0 Å². The Morgan fingerprint density at radius 3 is 2.83 bits per heavy atom. The third kappa shape index (κ3) is 2.59. The number of nitrogens with zero attached hydrogens (tertiary/aromatic N) is 3. The summed E-state index contributed by atoms with van der Waals surface area (Å²) < 4.78 is 27.7. The number of benzene rings is 1. The molecule has 2 rings (SSSR count). The zero-order valence-electron chi connectivity index (χ0n) is 9.73. The van der Waals surface area contributed by atoms with Crippen molar-refractivity contribution in [3.63, 3.8) is 0 Å². The molecule has 0 bridgehead atoms. The van der Waals surface area contributed by atoms with Crippen molar-refractivity contribution in [2.75, 3.05) is 14.1 Å². The van der Waals surface area contributed by atoms with E-state index in [0.29, 0.717) is 10.2 Å². The zero-order chi connectivity index (χ0) is 13.3. The Kier molecular flexibility index (Phi) is 3.22. The number of rotatable bonds is 3. The van der Waals surface area contributed by atoms with Crippen LogP contribution in [0.1, 0.15) is 0 Å². The SMILES string of the molecule is CN(C)C=NS(=O)(=O)c1nc2ccc(O)cc2s1. The third-order valence-corrected chi connectivity index (χ3v) is 4.59. The number of hydrogen-bond acceptors (Lipinski definition) is 5. The van der Waals surface area contributed by atoms with E-state index in [-0.39, 0.29) is 10.1 Å². The van der Waals surface area contributed by atoms with Gasteiger partial charge in [0.1, 0.15) is 12.1 Å². The Hall–Kier alpha value is -1.67. The number of hydrogen-bond donors (Lipinski definition) is 1. The van der Waals surface area contributed by atoms with Gasteiger partial charge in [0.25, 0.3) is 0 Å². The van der Waals surface area contributed by atoms with Gasteiger partial charge < -0.3 is 10.0 Å². The Morgan fingerprint density at radius 2 is 2.17 bits per heavy atom. The number of fused-ring (bicyclic) bond motifs is 1. The number of aromatic nitrogens is 1. The minimum atomic E-state index is -3.78. The van der Waals surface area contributed by atoms with Crippen LogP contribution in [0.2, 0.25) is 0 Å². The van der Waals surface area contributed by atoms with Crippen LogP contribution in [0, 0.1) is 0 Å². The van der Waals surface area contributed by atoms with Crippen molar-refractivity contribution in [3.05, 3.63) is 18.2 Å². The molecule has 18 heavy (non-hydrogen) atoms. The Balaban J connectivity index is 2.48. The first-order valence-electron chi connectivity index (χ1n) is 4.95. The molecule has 0 radical (unpaired) electrons. The van der Waals surface area contributed by atoms with Crippen LogP contribution < -0.4 is 0 Å². The number of phenolic OH excluding ortho intramolecular Hbond substituents is 1. The highest BCUT2D eigenvalue weighted by atomic mass is 32.2. The second-order valence-corrected chi connectivity index (χ2v) is 6.63. The van der Waals surface area contributed by atoms with Crippen LogP contribution in [-0.4, -0.2) is 43.8 Å². The summed E-state index contributed by atoms with van der Waals surface area (Å²) in [4.78, 5) is 5.52. The molecule has 0 amide bonds. The van der Waals surface area contributed by atoms with Gasteiger partial charge in [0.15, 0.2) is 0 Å². The van der Waals surface area contributed by atoms with Crippen LogP contribution in [0.4, 0.5) is 0 Å². The van der Waals surface area contributed by atoms with Crippen LogP contribution in [0.25, 0.3) is 10.2 Å². The van der Waals surface area contributed by atoms with Gasteiger partial charge in [-0.1, -0.05) is 0 Å². The summed E-state index contributed by atoms with van der Waals surface area (Å²) in [6, 6.07) is 4.50. The topological polar surface area (TPSA) is 82.9 Å². The molecule has 2 aromatic rings. The summed E-state index contributed by atoms with van der Waals surface area (Å²) in [5, 5.41) is 9.31. The van der Waals surface area contributed by atoms with Crippen LogP contribution in [0.3, 0.4) is 0 Å². The molecule has 0 unspecified atom stereocenters. The highest BCUT2D eigenvalue weighted by Gasteiger charge is 2.18. The smallest absolute Gasteiger partial charge is 0.311 e. The molecule has 0 saturated heterocycles. The average Bonchev–Trinajstić information content (AvgIpc) is 2.70. The fourth-order valence-corrected chi connectivity index (χ4v) is 3.37. The first-order chi connectivity index (χ1) is 8.38. The third-order valence-electron chi connectivity index (χ3n) is 1.99. The Labute approximate surface area is 108 Å². The largest absolute Gasteiger partial charge is 0.508 e. The number of thiazole rings is 1. The quantitative estimate of drug-likeness (QED) is 0.678. The number of aromatic hydroxyl groups is 1. The molecule has 1 heterocycles. The minimum absolute atomic E-state index is 0.0758. The molecule has 1 N–H and O–H groups in total. The summed E-state index contributed by atoms with van der Waals surface area (Å²) in [5.74, 6) is 0.0758. The predicted octanol–water partition coefficient (Wildman–Crippen LogP) is 1.28. The van der Waals surface area contributed by atoms with Crippen molar-refractivity contribution in [3.8, 4) is 5.75 Å². The summed E-state index contributed by atoms with van der Waals surface area (Å²) >= 11 is 0.979. The van der Waals surface area contributed by atoms with Crippen LogP contribution >= 0.6 is 11.3 Å². The fourth-order valence-electron chi connectivity index (χ4n) is 1.20. The van der Waals surface area contributed by atoms with Gasteiger partial charge in [0, 0.05) is 14.1 Å². The first-order valence-corrected chi connectivity index (χ1v) is 7.20. The molecule has 0 aliphatic rings. The molecular weight excluding hydrogens is 274 g/mol. The monoisotopic (exact) mass is 285 g/mol. The maximum absolute atomic E-state index is 11.9. The molecule has 1 aromatic carbocycles. The molecular formula is C10H11N3O3S2. The summed E-state index contributed by atoms with van der Waals surface area (Å²) in [7, 11) is -0.424. The van der Waals surface area contributed by atoms with Crippen molar-refractivity contribution < 1.29 is 13.5 Å². The molecule has 0 fully saturated rings. The van der Waals surface area contributed by atoms with Crippen molar-refractivity contribution in [2.45, 2.75) is 4.34 Å². The minimum Gasteiger partial charge on any atom is -0.508 e. The maximum Gasteiger partial charge on any atom is 0.311 e. The van der Waals surface area contributed by atoms with Crippen LogP contribution in [0.5, 0.6) is 5.75 Å². The molecule has 0 saturated carbocycles. The summed E-state index contributed by atoms with van der Waals surface area (Å²) in [6.45, 7) is 0. The van der Waals surface area contributed by atoms with Gasteiger partial charge in [-0.25, -0.2) is 4.98 Å². The number of phenols is 1. The van der Waals surface area contributed by atoms with E-state index in [1.54, 1.807) is 20.2 Å². The normalized spacial score (nSPS) is 12.3. The average molecular weight is 285 g/mol. The second-order valence-electron chi connectivity index (χ2n) is 3.79. The van der Waals surface area contributed by atoms with Crippen LogP contribution in [0.15, 0.2) is 26.9 Å².